The van der Waals surface area contributed by atoms with Crippen molar-refractivity contribution in [3.05, 3.63) is 71.9 Å². The van der Waals surface area contributed by atoms with Crippen molar-refractivity contribution in [3.8, 4) is 0 Å². The molecule has 0 aliphatic carbocycles. The molecule has 2 amide bonds. The lowest BCUT2D eigenvalue weighted by atomic mass is 10.1. The van der Waals surface area contributed by atoms with Crippen LogP contribution in [0.25, 0.3) is 10.9 Å². The Hall–Kier alpha value is -3.08. The zero-order chi connectivity index (χ0) is 18.4. The van der Waals surface area contributed by atoms with Gasteiger partial charge in [-0.2, -0.15) is 0 Å². The third-order valence-corrected chi connectivity index (χ3v) is 4.39. The molecule has 0 fully saturated rings. The van der Waals surface area contributed by atoms with Crippen LogP contribution in [0.2, 0.25) is 0 Å². The highest BCUT2D eigenvalue weighted by molar-refractivity contribution is 5.97. The van der Waals surface area contributed by atoms with Gasteiger partial charge in [0.2, 0.25) is 11.8 Å². The molecular weight excluding hydrogens is 326 g/mol. The van der Waals surface area contributed by atoms with Crippen molar-refractivity contribution in [3.63, 3.8) is 0 Å². The fourth-order valence-electron chi connectivity index (χ4n) is 3.00. The Bertz CT molecular complexity index is 886. The van der Waals surface area contributed by atoms with Crippen LogP contribution in [0.15, 0.2) is 60.8 Å². The Morgan fingerprint density at radius 1 is 1.00 bits per heavy atom. The quantitative estimate of drug-likeness (QED) is 0.574. The fourth-order valence-corrected chi connectivity index (χ4v) is 3.00. The predicted octanol–water partition coefficient (Wildman–Crippen LogP) is 3.09. The van der Waals surface area contributed by atoms with E-state index in [1.807, 2.05) is 61.7 Å². The first kappa shape index (κ1) is 17.7. The number of H-pyrrole nitrogens is 1. The van der Waals surface area contributed by atoms with Gasteiger partial charge >= 0.3 is 0 Å². The minimum absolute atomic E-state index is 0.122. The van der Waals surface area contributed by atoms with E-state index >= 15 is 0 Å². The second-order valence-corrected chi connectivity index (χ2v) is 6.34. The van der Waals surface area contributed by atoms with Gasteiger partial charge in [0.25, 0.3) is 0 Å². The van der Waals surface area contributed by atoms with Crippen LogP contribution in [0.4, 0.5) is 0 Å². The van der Waals surface area contributed by atoms with Gasteiger partial charge in [-0.05, 0) is 30.5 Å². The van der Waals surface area contributed by atoms with Crippen molar-refractivity contribution in [2.75, 3.05) is 6.54 Å². The Labute approximate surface area is 152 Å². The molecule has 0 saturated carbocycles. The molecule has 1 atom stereocenters. The van der Waals surface area contributed by atoms with Crippen molar-refractivity contribution >= 4 is 22.7 Å². The molecule has 134 valence electrons. The van der Waals surface area contributed by atoms with Crippen LogP contribution >= 0.6 is 0 Å². The van der Waals surface area contributed by atoms with E-state index in [4.69, 9.17) is 0 Å². The first-order chi connectivity index (χ1) is 12.6. The molecule has 1 heterocycles. The van der Waals surface area contributed by atoms with Crippen LogP contribution in [0.3, 0.4) is 0 Å². The van der Waals surface area contributed by atoms with Gasteiger partial charge in [0.1, 0.15) is 6.42 Å². The van der Waals surface area contributed by atoms with Crippen molar-refractivity contribution in [2.45, 2.75) is 25.8 Å². The summed E-state index contributed by atoms with van der Waals surface area (Å²) >= 11 is 0. The summed E-state index contributed by atoms with van der Waals surface area (Å²) in [7, 11) is 0. The number of carbonyl (C=O) groups excluding carboxylic acids is 2. The number of nitrogens with one attached hydrogen (secondary N) is 3. The molecule has 3 N–H and O–H groups in total. The average Bonchev–Trinajstić information content (AvgIpc) is 3.05. The third-order valence-electron chi connectivity index (χ3n) is 4.39. The number of aromatic amines is 1. The molecule has 0 bridgehead atoms. The molecule has 5 nitrogen and oxygen atoms in total. The Morgan fingerprint density at radius 3 is 2.54 bits per heavy atom. The number of hydrogen-bond donors (Lipinski definition) is 3. The lowest BCUT2D eigenvalue weighted by molar-refractivity contribution is -0.129. The molecule has 0 saturated heterocycles. The van der Waals surface area contributed by atoms with Gasteiger partial charge in [-0.25, -0.2) is 0 Å². The van der Waals surface area contributed by atoms with Crippen molar-refractivity contribution in [1.82, 2.24) is 15.6 Å². The monoisotopic (exact) mass is 349 g/mol. The lowest BCUT2D eigenvalue weighted by Crippen LogP contribution is -2.34. The van der Waals surface area contributed by atoms with Crippen molar-refractivity contribution in [2.24, 2.45) is 0 Å². The number of hydrogen-bond acceptors (Lipinski definition) is 2. The van der Waals surface area contributed by atoms with Crippen LogP contribution in [-0.4, -0.2) is 23.3 Å². The van der Waals surface area contributed by atoms with Gasteiger partial charge in [-0.1, -0.05) is 48.5 Å². The van der Waals surface area contributed by atoms with Gasteiger partial charge in [0.05, 0.1) is 6.04 Å². The summed E-state index contributed by atoms with van der Waals surface area (Å²) in [5.74, 6) is -0.534. The van der Waals surface area contributed by atoms with E-state index in [1.165, 1.54) is 0 Å². The summed E-state index contributed by atoms with van der Waals surface area (Å²) in [5, 5.41) is 6.83. The first-order valence-corrected chi connectivity index (χ1v) is 8.79. The van der Waals surface area contributed by atoms with E-state index in [0.717, 1.165) is 28.5 Å². The normalized spacial score (nSPS) is 11.9. The standard InChI is InChI=1S/C21H23N3O2/c1-15(16-7-3-2-4-8-16)24-21(26)13-20(25)22-12-11-17-14-23-19-10-6-5-9-18(17)19/h2-10,14-15,23H,11-13H2,1H3,(H,22,25)(H,24,26). The molecule has 0 aliphatic rings. The third kappa shape index (κ3) is 4.51. The number of fused-ring (bicyclic) bond motifs is 1. The molecule has 2 aromatic carbocycles. The van der Waals surface area contributed by atoms with Crippen molar-refractivity contribution in [1.29, 1.82) is 0 Å². The fraction of sp³-hybridized carbons (Fsp3) is 0.238. The van der Waals surface area contributed by atoms with E-state index in [1.54, 1.807) is 0 Å². The number of benzene rings is 2. The molecular formula is C21H23N3O2. The largest absolute Gasteiger partial charge is 0.361 e. The molecule has 3 aromatic rings. The van der Waals surface area contributed by atoms with Crippen LogP contribution in [0, 0.1) is 0 Å². The highest BCUT2D eigenvalue weighted by Gasteiger charge is 2.13. The minimum atomic E-state index is -0.272. The predicted molar refractivity (Wildman–Crippen MR) is 103 cm³/mol. The first-order valence-electron chi connectivity index (χ1n) is 8.79. The number of aromatic nitrogens is 1. The Balaban J connectivity index is 1.43. The highest BCUT2D eigenvalue weighted by Crippen LogP contribution is 2.17. The molecule has 1 unspecified atom stereocenters. The van der Waals surface area contributed by atoms with E-state index in [0.29, 0.717) is 6.54 Å². The van der Waals surface area contributed by atoms with Crippen LogP contribution in [0.1, 0.15) is 30.5 Å². The Kier molecular flexibility index (Phi) is 5.69. The zero-order valence-electron chi connectivity index (χ0n) is 14.8. The van der Waals surface area contributed by atoms with E-state index in [2.05, 4.69) is 21.7 Å². The van der Waals surface area contributed by atoms with Gasteiger partial charge in [0, 0.05) is 23.6 Å². The minimum Gasteiger partial charge on any atom is -0.361 e. The van der Waals surface area contributed by atoms with Gasteiger partial charge in [-0.15, -0.1) is 0 Å². The lowest BCUT2D eigenvalue weighted by Gasteiger charge is -2.14. The van der Waals surface area contributed by atoms with Crippen LogP contribution in [-0.2, 0) is 16.0 Å². The number of para-hydroxylation sites is 1. The Morgan fingerprint density at radius 2 is 1.73 bits per heavy atom. The van der Waals surface area contributed by atoms with Crippen LogP contribution < -0.4 is 10.6 Å². The van der Waals surface area contributed by atoms with E-state index in [-0.39, 0.29) is 24.3 Å². The maximum absolute atomic E-state index is 12.0. The molecule has 0 radical (unpaired) electrons. The summed E-state index contributed by atoms with van der Waals surface area (Å²) < 4.78 is 0. The van der Waals surface area contributed by atoms with E-state index in [9.17, 15) is 9.59 Å². The summed E-state index contributed by atoms with van der Waals surface area (Å²) in [6, 6.07) is 17.6. The highest BCUT2D eigenvalue weighted by atomic mass is 16.2. The molecule has 5 heteroatoms. The average molecular weight is 349 g/mol. The SMILES string of the molecule is CC(NC(=O)CC(=O)NCCc1c[nH]c2ccccc12)c1ccccc1. The smallest absolute Gasteiger partial charge is 0.229 e. The van der Waals surface area contributed by atoms with Gasteiger partial charge in [-0.3, -0.25) is 9.59 Å². The second-order valence-electron chi connectivity index (χ2n) is 6.34. The van der Waals surface area contributed by atoms with Gasteiger partial charge in [0.15, 0.2) is 0 Å². The topological polar surface area (TPSA) is 74.0 Å². The maximum atomic E-state index is 12.0. The number of amides is 2. The van der Waals surface area contributed by atoms with Crippen LogP contribution in [0.5, 0.6) is 0 Å². The zero-order valence-corrected chi connectivity index (χ0v) is 14.8. The van der Waals surface area contributed by atoms with Crippen molar-refractivity contribution < 1.29 is 9.59 Å². The summed E-state index contributed by atoms with van der Waals surface area (Å²) in [6.45, 7) is 2.41. The molecule has 26 heavy (non-hydrogen) atoms. The van der Waals surface area contributed by atoms with Gasteiger partial charge < -0.3 is 15.6 Å². The molecule has 3 rings (SSSR count). The summed E-state index contributed by atoms with van der Waals surface area (Å²) in [5.41, 5.74) is 3.26. The summed E-state index contributed by atoms with van der Waals surface area (Å²) in [6.07, 6.45) is 2.52. The molecule has 0 aliphatic heterocycles. The number of rotatable bonds is 7. The molecule has 0 spiro atoms. The summed E-state index contributed by atoms with van der Waals surface area (Å²) in [4.78, 5) is 27.2. The van der Waals surface area contributed by atoms with E-state index < -0.39 is 0 Å². The number of carbonyl (C=O) groups is 2. The maximum Gasteiger partial charge on any atom is 0.229 e. The second kappa shape index (κ2) is 8.34. The molecule has 1 aromatic heterocycles.